The van der Waals surface area contributed by atoms with E-state index >= 15 is 0 Å². The first kappa shape index (κ1) is 9.35. The molecule has 1 aromatic carbocycles. The average molecular weight is 404 g/mol. The molecule has 0 aliphatic carbocycles. The molecule has 0 amide bonds. The molecule has 0 bridgehead atoms. The molecular formula is C6H5IOW-. The summed E-state index contributed by atoms with van der Waals surface area (Å²) in [5, 5.41) is 0. The van der Waals surface area contributed by atoms with E-state index in [0.29, 0.717) is 0 Å². The molecule has 1 rings (SSSR count). The van der Waals surface area contributed by atoms with E-state index in [0.717, 1.165) is 0 Å². The van der Waals surface area contributed by atoms with Gasteiger partial charge in [-0.25, -0.2) is 12.1 Å². The van der Waals surface area contributed by atoms with Crippen LogP contribution in [0.25, 0.3) is 0 Å². The largest absolute Gasteiger partial charge is 0.214 e. The van der Waals surface area contributed by atoms with Gasteiger partial charge >= 0.3 is 42.8 Å². The van der Waals surface area contributed by atoms with E-state index in [4.69, 9.17) is 4.79 Å². The van der Waals surface area contributed by atoms with Crippen molar-refractivity contribution in [2.24, 2.45) is 0 Å². The molecule has 3 heteroatoms. The van der Waals surface area contributed by atoms with Gasteiger partial charge in [-0.2, -0.15) is 18.2 Å². The topological polar surface area (TPSA) is 17.1 Å². The molecule has 0 spiro atoms. The third kappa shape index (κ3) is 8.35. The van der Waals surface area contributed by atoms with Gasteiger partial charge in [0.1, 0.15) is 0 Å². The third-order valence-corrected chi connectivity index (χ3v) is 2.29. The first-order valence-electron chi connectivity index (χ1n) is 2.23. The van der Waals surface area contributed by atoms with Crippen LogP contribution in [0.5, 0.6) is 0 Å². The van der Waals surface area contributed by atoms with Crippen molar-refractivity contribution in [3.63, 3.8) is 0 Å². The fourth-order valence-corrected chi connectivity index (χ4v) is 0.321. The minimum atomic E-state index is -0.590. The van der Waals surface area contributed by atoms with Crippen LogP contribution in [0.1, 0.15) is 0 Å². The second kappa shape index (κ2) is 8.35. The van der Waals surface area contributed by atoms with Crippen molar-refractivity contribution in [1.82, 2.24) is 0 Å². The Bertz CT molecular complexity index is 148. The molecule has 0 radical (unpaired) electrons. The van der Waals surface area contributed by atoms with E-state index in [2.05, 4.69) is 19.4 Å². The van der Waals surface area contributed by atoms with Crippen LogP contribution in [-0.4, -0.2) is 4.27 Å². The molecule has 1 nitrogen and oxygen atoms in total. The summed E-state index contributed by atoms with van der Waals surface area (Å²) in [6.45, 7) is 0. The Morgan fingerprint density at radius 3 is 2.00 bits per heavy atom. The maximum Gasteiger partial charge on any atom is -0.172 e. The molecule has 1 aromatic rings. The molecule has 0 saturated heterocycles. The van der Waals surface area contributed by atoms with Crippen LogP contribution >= 0.6 is 19.4 Å². The van der Waals surface area contributed by atoms with Gasteiger partial charge in [0.25, 0.3) is 0 Å². The third-order valence-electron chi connectivity index (χ3n) is 0.587. The predicted molar refractivity (Wildman–Crippen MR) is 41.7 cm³/mol. The molecule has 0 heterocycles. The minimum Gasteiger partial charge on any atom is -0.214 e. The Morgan fingerprint density at radius 2 is 1.89 bits per heavy atom. The van der Waals surface area contributed by atoms with Gasteiger partial charge in [-0.3, -0.25) is 0 Å². The van der Waals surface area contributed by atoms with Gasteiger partial charge < -0.3 is 0 Å². The monoisotopic (exact) mass is 404 g/mol. The van der Waals surface area contributed by atoms with Crippen molar-refractivity contribution >= 4 is 23.6 Å². The van der Waals surface area contributed by atoms with E-state index in [9.17, 15) is 0 Å². The standard InChI is InChI=1S/C5H5.CO.HI.W/c1-2-4-5-3-1;1-2;;/h1-5H;;1H;/q-1;;;+1/p-1. The van der Waals surface area contributed by atoms with E-state index in [1.165, 1.54) is 0 Å². The molecule has 0 saturated carbocycles. The second-order valence-corrected chi connectivity index (χ2v) is 5.88. The molecule has 0 unspecified atom stereocenters. The maximum atomic E-state index is 9.12. The molecule has 0 fully saturated rings. The van der Waals surface area contributed by atoms with Gasteiger partial charge in [0.2, 0.25) is 0 Å². The van der Waals surface area contributed by atoms with Crippen molar-refractivity contribution in [3.8, 4) is 0 Å². The minimum absolute atomic E-state index is 0.590. The molecule has 0 aromatic heterocycles. The smallest absolute Gasteiger partial charge is 0.172 e. The fraction of sp³-hybridized carbons (Fsp3) is 0. The Hall–Kier alpha value is 0.348. The number of carbonyl (C=O) groups excluding carboxylic acids is 1. The van der Waals surface area contributed by atoms with Crippen LogP contribution in [0.2, 0.25) is 0 Å². The number of rotatable bonds is 0. The van der Waals surface area contributed by atoms with Gasteiger partial charge in [0.05, 0.1) is 0 Å². The predicted octanol–water partition coefficient (Wildman–Crippen LogP) is 1.89. The van der Waals surface area contributed by atoms with Crippen LogP contribution in [-0.2, 0) is 19.2 Å². The number of halogens is 1. The molecule has 0 aliphatic heterocycles. The van der Waals surface area contributed by atoms with Crippen LogP contribution in [0, 0.1) is 0 Å². The van der Waals surface area contributed by atoms with Gasteiger partial charge in [-0.05, 0) is 0 Å². The average Bonchev–Trinajstić information content (AvgIpc) is 2.43. The number of hydrogen-bond donors (Lipinski definition) is 0. The Kier molecular flexibility index (Phi) is 8.67. The van der Waals surface area contributed by atoms with Gasteiger partial charge in [-0.15, -0.1) is 0 Å². The zero-order valence-electron chi connectivity index (χ0n) is 4.58. The van der Waals surface area contributed by atoms with Crippen molar-refractivity contribution in [2.45, 2.75) is 0 Å². The van der Waals surface area contributed by atoms with Crippen LogP contribution in [0.3, 0.4) is 0 Å². The first-order valence-corrected chi connectivity index (χ1v) is 12.0. The van der Waals surface area contributed by atoms with Gasteiger partial charge in [0.15, 0.2) is 0 Å². The van der Waals surface area contributed by atoms with Crippen molar-refractivity contribution < 1.29 is 19.2 Å². The second-order valence-electron chi connectivity index (χ2n) is 1.12. The molecular weight excluding hydrogens is 399 g/mol. The van der Waals surface area contributed by atoms with Gasteiger partial charge in [0, 0.05) is 0 Å². The summed E-state index contributed by atoms with van der Waals surface area (Å²) in [6.07, 6.45) is 0. The summed E-state index contributed by atoms with van der Waals surface area (Å²) in [6, 6.07) is 10.0. The van der Waals surface area contributed by atoms with Gasteiger partial charge in [-0.1, -0.05) is 0 Å². The summed E-state index contributed by atoms with van der Waals surface area (Å²) < 4.78 is 1.83. The maximum absolute atomic E-state index is 9.12. The molecule has 0 aliphatic rings. The van der Waals surface area contributed by atoms with Crippen LogP contribution in [0.4, 0.5) is 0 Å². The SMILES string of the molecule is O=[C]=[W][I].c1cc[cH-]c1. The van der Waals surface area contributed by atoms with E-state index in [1.54, 1.807) is 0 Å². The summed E-state index contributed by atoms with van der Waals surface area (Å²) in [5.41, 5.74) is 0. The van der Waals surface area contributed by atoms with E-state index in [1.807, 2.05) is 34.6 Å². The quantitative estimate of drug-likeness (QED) is 0.477. The van der Waals surface area contributed by atoms with Crippen molar-refractivity contribution in [2.75, 3.05) is 0 Å². The molecule has 0 N–H and O–H groups in total. The Labute approximate surface area is 72.7 Å². The number of hydrogen-bond acceptors (Lipinski definition) is 1. The molecule has 0 atom stereocenters. The van der Waals surface area contributed by atoms with Crippen LogP contribution in [0.15, 0.2) is 30.3 Å². The summed E-state index contributed by atoms with van der Waals surface area (Å²) >= 11 is 1.50. The zero-order valence-corrected chi connectivity index (χ0v) is 9.67. The fourth-order valence-electron chi connectivity index (χ4n) is 0.321. The molecule has 9 heavy (non-hydrogen) atoms. The normalized spacial score (nSPS) is 6.33. The molecule has 49 valence electrons. The van der Waals surface area contributed by atoms with Crippen molar-refractivity contribution in [3.05, 3.63) is 30.3 Å². The first-order chi connectivity index (χ1) is 4.41. The zero-order chi connectivity index (χ0) is 6.95. The van der Waals surface area contributed by atoms with E-state index in [-0.39, 0.29) is 0 Å². The Morgan fingerprint density at radius 1 is 1.44 bits per heavy atom. The summed E-state index contributed by atoms with van der Waals surface area (Å²) in [5.74, 6) is 0. The van der Waals surface area contributed by atoms with Crippen molar-refractivity contribution in [1.29, 1.82) is 0 Å². The summed E-state index contributed by atoms with van der Waals surface area (Å²) in [7, 11) is 0. The Balaban J connectivity index is 0.000000148. The van der Waals surface area contributed by atoms with E-state index < -0.39 is 14.4 Å². The van der Waals surface area contributed by atoms with Crippen LogP contribution < -0.4 is 0 Å². The summed E-state index contributed by atoms with van der Waals surface area (Å²) in [4.78, 5) is 9.12.